The van der Waals surface area contributed by atoms with Crippen LogP contribution in [-0.2, 0) is 6.42 Å². The van der Waals surface area contributed by atoms with E-state index >= 15 is 0 Å². The van der Waals surface area contributed by atoms with Gasteiger partial charge in [0.05, 0.1) is 0 Å². The molecular weight excluding hydrogens is 186 g/mol. The van der Waals surface area contributed by atoms with Gasteiger partial charge < -0.3 is 10.4 Å². The van der Waals surface area contributed by atoms with Gasteiger partial charge in [-0.05, 0) is 37.6 Å². The van der Waals surface area contributed by atoms with Crippen molar-refractivity contribution in [1.82, 2.24) is 5.32 Å². The molecule has 1 aliphatic rings. The van der Waals surface area contributed by atoms with Gasteiger partial charge in [0.2, 0.25) is 0 Å². The fourth-order valence-corrected chi connectivity index (χ4v) is 2.13. The molecule has 1 unspecified atom stereocenters. The average molecular weight is 198 g/mol. The Kier molecular flexibility index (Phi) is 2.18. The van der Waals surface area contributed by atoms with E-state index in [-0.39, 0.29) is 6.04 Å². The third kappa shape index (κ3) is 1.52. The summed E-state index contributed by atoms with van der Waals surface area (Å²) in [5.74, 6) is 0.308. The van der Waals surface area contributed by atoms with Gasteiger partial charge in [-0.2, -0.15) is 0 Å². The van der Waals surface area contributed by atoms with E-state index in [2.05, 4.69) is 5.32 Å². The zero-order valence-corrected chi connectivity index (χ0v) is 8.23. The van der Waals surface area contributed by atoms with Gasteiger partial charge >= 0.3 is 0 Å². The molecule has 3 heteroatoms. The standard InChI is InChI=1S/C10H12ClNO/c1-6-10-7(2-3-12-6)4-8(11)5-9(10)13/h4-6,12-13H,2-3H2,1H3. The SMILES string of the molecule is CC1NCCc2cc(Cl)cc(O)c21. The number of phenolic OH excluding ortho intramolecular Hbond substituents is 1. The van der Waals surface area contributed by atoms with E-state index in [4.69, 9.17) is 11.6 Å². The molecule has 0 saturated carbocycles. The minimum atomic E-state index is 0.223. The summed E-state index contributed by atoms with van der Waals surface area (Å²) in [5, 5.41) is 13.6. The van der Waals surface area contributed by atoms with Crippen molar-refractivity contribution in [3.63, 3.8) is 0 Å². The maximum Gasteiger partial charge on any atom is 0.122 e. The Bertz CT molecular complexity index is 338. The van der Waals surface area contributed by atoms with Gasteiger partial charge in [0.25, 0.3) is 0 Å². The van der Waals surface area contributed by atoms with Crippen molar-refractivity contribution in [3.05, 3.63) is 28.3 Å². The van der Waals surface area contributed by atoms with E-state index in [1.54, 1.807) is 6.07 Å². The number of phenols is 1. The molecule has 0 fully saturated rings. The lowest BCUT2D eigenvalue weighted by molar-refractivity contribution is 0.442. The van der Waals surface area contributed by atoms with Gasteiger partial charge in [0.1, 0.15) is 5.75 Å². The Morgan fingerprint density at radius 2 is 2.31 bits per heavy atom. The molecule has 2 rings (SSSR count). The Labute approximate surface area is 82.5 Å². The second-order valence-electron chi connectivity index (χ2n) is 3.42. The quantitative estimate of drug-likeness (QED) is 0.669. The lowest BCUT2D eigenvalue weighted by atomic mass is 9.94. The largest absolute Gasteiger partial charge is 0.508 e. The molecule has 0 bridgehead atoms. The first-order valence-electron chi connectivity index (χ1n) is 4.43. The minimum absolute atomic E-state index is 0.223. The number of halogens is 1. The number of rotatable bonds is 0. The number of hydrogen-bond donors (Lipinski definition) is 2. The Morgan fingerprint density at radius 3 is 3.08 bits per heavy atom. The first kappa shape index (κ1) is 8.85. The summed E-state index contributed by atoms with van der Waals surface area (Å²) in [6.07, 6.45) is 0.938. The molecule has 1 aliphatic heterocycles. The number of hydrogen-bond acceptors (Lipinski definition) is 2. The first-order chi connectivity index (χ1) is 6.18. The van der Waals surface area contributed by atoms with Crippen LogP contribution in [0.15, 0.2) is 12.1 Å². The highest BCUT2D eigenvalue weighted by atomic mass is 35.5. The van der Waals surface area contributed by atoms with Crippen molar-refractivity contribution >= 4 is 11.6 Å². The topological polar surface area (TPSA) is 32.3 Å². The van der Waals surface area contributed by atoms with E-state index in [1.807, 2.05) is 13.0 Å². The average Bonchev–Trinajstić information content (AvgIpc) is 2.02. The van der Waals surface area contributed by atoms with Crippen LogP contribution in [0.1, 0.15) is 24.1 Å². The van der Waals surface area contributed by atoms with Gasteiger partial charge in [0, 0.05) is 16.6 Å². The summed E-state index contributed by atoms with van der Waals surface area (Å²) in [4.78, 5) is 0. The molecule has 0 radical (unpaired) electrons. The Morgan fingerprint density at radius 1 is 1.54 bits per heavy atom. The van der Waals surface area contributed by atoms with Gasteiger partial charge in [-0.1, -0.05) is 11.6 Å². The Hall–Kier alpha value is -0.730. The van der Waals surface area contributed by atoms with Gasteiger partial charge in [-0.15, -0.1) is 0 Å². The van der Waals surface area contributed by atoms with Gasteiger partial charge in [0.15, 0.2) is 0 Å². The van der Waals surface area contributed by atoms with Crippen LogP contribution in [0.4, 0.5) is 0 Å². The third-order valence-corrected chi connectivity index (χ3v) is 2.70. The normalized spacial score (nSPS) is 21.2. The van der Waals surface area contributed by atoms with Crippen molar-refractivity contribution in [2.75, 3.05) is 6.54 Å². The van der Waals surface area contributed by atoms with E-state index in [1.165, 1.54) is 0 Å². The second kappa shape index (κ2) is 3.20. The van der Waals surface area contributed by atoms with Gasteiger partial charge in [-0.25, -0.2) is 0 Å². The molecule has 2 nitrogen and oxygen atoms in total. The maximum atomic E-state index is 9.68. The van der Waals surface area contributed by atoms with Crippen LogP contribution in [0, 0.1) is 0 Å². The van der Waals surface area contributed by atoms with Crippen LogP contribution in [-0.4, -0.2) is 11.7 Å². The summed E-state index contributed by atoms with van der Waals surface area (Å²) in [6, 6.07) is 3.76. The molecule has 1 aromatic rings. The third-order valence-electron chi connectivity index (χ3n) is 2.49. The highest BCUT2D eigenvalue weighted by molar-refractivity contribution is 6.30. The number of benzene rings is 1. The summed E-state index contributed by atoms with van der Waals surface area (Å²) < 4.78 is 0. The molecule has 0 saturated heterocycles. The molecule has 0 aromatic heterocycles. The summed E-state index contributed by atoms with van der Waals surface area (Å²) >= 11 is 5.85. The lowest BCUT2D eigenvalue weighted by Crippen LogP contribution is -2.27. The summed E-state index contributed by atoms with van der Waals surface area (Å²) in [7, 11) is 0. The van der Waals surface area contributed by atoms with Crippen molar-refractivity contribution in [2.45, 2.75) is 19.4 Å². The van der Waals surface area contributed by atoms with Crippen LogP contribution in [0.25, 0.3) is 0 Å². The monoisotopic (exact) mass is 197 g/mol. The van der Waals surface area contributed by atoms with E-state index in [0.717, 1.165) is 24.1 Å². The molecule has 0 aliphatic carbocycles. The number of nitrogens with one attached hydrogen (secondary N) is 1. The summed E-state index contributed by atoms with van der Waals surface area (Å²) in [6.45, 7) is 3.00. The summed E-state index contributed by atoms with van der Waals surface area (Å²) in [5.41, 5.74) is 2.16. The van der Waals surface area contributed by atoms with Crippen LogP contribution in [0.5, 0.6) is 5.75 Å². The lowest BCUT2D eigenvalue weighted by Gasteiger charge is -2.24. The van der Waals surface area contributed by atoms with Crippen molar-refractivity contribution in [2.24, 2.45) is 0 Å². The van der Waals surface area contributed by atoms with Crippen molar-refractivity contribution < 1.29 is 5.11 Å². The van der Waals surface area contributed by atoms with E-state index in [9.17, 15) is 5.11 Å². The first-order valence-corrected chi connectivity index (χ1v) is 4.81. The van der Waals surface area contributed by atoms with Gasteiger partial charge in [-0.3, -0.25) is 0 Å². The molecule has 2 N–H and O–H groups in total. The molecule has 70 valence electrons. The fraction of sp³-hybridized carbons (Fsp3) is 0.400. The highest BCUT2D eigenvalue weighted by Crippen LogP contribution is 2.33. The predicted molar refractivity (Wildman–Crippen MR) is 53.2 cm³/mol. The zero-order chi connectivity index (χ0) is 9.42. The number of aromatic hydroxyl groups is 1. The van der Waals surface area contributed by atoms with Crippen molar-refractivity contribution in [3.8, 4) is 5.75 Å². The molecule has 0 amide bonds. The van der Waals surface area contributed by atoms with Crippen LogP contribution < -0.4 is 5.32 Å². The molecule has 1 heterocycles. The van der Waals surface area contributed by atoms with Crippen LogP contribution in [0.2, 0.25) is 5.02 Å². The van der Waals surface area contributed by atoms with Crippen LogP contribution >= 0.6 is 11.6 Å². The maximum absolute atomic E-state index is 9.68. The second-order valence-corrected chi connectivity index (χ2v) is 3.86. The molecule has 1 atom stereocenters. The van der Waals surface area contributed by atoms with E-state index in [0.29, 0.717) is 10.8 Å². The highest BCUT2D eigenvalue weighted by Gasteiger charge is 2.19. The molecule has 0 spiro atoms. The smallest absolute Gasteiger partial charge is 0.122 e. The van der Waals surface area contributed by atoms with Crippen molar-refractivity contribution in [1.29, 1.82) is 0 Å². The zero-order valence-electron chi connectivity index (χ0n) is 7.47. The molecule has 13 heavy (non-hydrogen) atoms. The molecule has 1 aromatic carbocycles. The Balaban J connectivity index is 2.56. The fourth-order valence-electron chi connectivity index (χ4n) is 1.89. The predicted octanol–water partition coefficient (Wildman–Crippen LogP) is 2.25. The number of fused-ring (bicyclic) bond motifs is 1. The molecular formula is C10H12ClNO. The van der Waals surface area contributed by atoms with E-state index < -0.39 is 0 Å². The minimum Gasteiger partial charge on any atom is -0.508 e. The van der Waals surface area contributed by atoms with Crippen LogP contribution in [0.3, 0.4) is 0 Å².